The van der Waals surface area contributed by atoms with Crippen molar-refractivity contribution in [1.82, 2.24) is 34.4 Å². The Hall–Kier alpha value is -3.36. The van der Waals surface area contributed by atoms with Crippen molar-refractivity contribution in [2.45, 2.75) is 56.3 Å². The van der Waals surface area contributed by atoms with E-state index in [9.17, 15) is 5.11 Å². The molecule has 0 amide bonds. The van der Waals surface area contributed by atoms with Gasteiger partial charge in [0.05, 0.1) is 17.9 Å². The minimum atomic E-state index is -0.288. The van der Waals surface area contributed by atoms with E-state index in [0.29, 0.717) is 11.9 Å². The highest BCUT2D eigenvalue weighted by Gasteiger charge is 2.45. The van der Waals surface area contributed by atoms with Gasteiger partial charge in [-0.1, -0.05) is 18.2 Å². The number of aromatic nitrogens is 6. The molecule has 1 aromatic carbocycles. The number of hydrogen-bond donors (Lipinski definition) is 1. The molecule has 0 bridgehead atoms. The van der Waals surface area contributed by atoms with E-state index < -0.39 is 0 Å². The van der Waals surface area contributed by atoms with Gasteiger partial charge in [-0.15, -0.1) is 0 Å². The van der Waals surface area contributed by atoms with Crippen LogP contribution in [0, 0.1) is 0 Å². The fourth-order valence-corrected chi connectivity index (χ4v) is 5.88. The van der Waals surface area contributed by atoms with E-state index in [1.54, 1.807) is 6.20 Å². The number of aliphatic hydroxyl groups excluding tert-OH is 1. The van der Waals surface area contributed by atoms with Crippen LogP contribution in [0.5, 0.6) is 0 Å². The van der Waals surface area contributed by atoms with Crippen LogP contribution in [0.15, 0.2) is 61.3 Å². The van der Waals surface area contributed by atoms with Gasteiger partial charge in [-0.2, -0.15) is 10.2 Å². The van der Waals surface area contributed by atoms with Crippen LogP contribution >= 0.6 is 0 Å². The molecule has 8 nitrogen and oxygen atoms in total. The largest absolute Gasteiger partial charge is 0.378 e. The number of hydrogen-bond acceptors (Lipinski definition) is 6. The summed E-state index contributed by atoms with van der Waals surface area (Å²) in [4.78, 5) is 11.5. The van der Waals surface area contributed by atoms with Gasteiger partial charge >= 0.3 is 0 Å². The lowest BCUT2D eigenvalue weighted by Crippen LogP contribution is -2.47. The second-order valence-corrected chi connectivity index (χ2v) is 10.0. The van der Waals surface area contributed by atoms with Crippen molar-refractivity contribution < 1.29 is 5.11 Å². The zero-order chi connectivity index (χ0) is 24.0. The summed E-state index contributed by atoms with van der Waals surface area (Å²) >= 11 is 0. The van der Waals surface area contributed by atoms with Gasteiger partial charge in [-0.25, -0.2) is 9.97 Å². The van der Waals surface area contributed by atoms with Crippen LogP contribution in [0.1, 0.15) is 44.6 Å². The molecule has 1 aliphatic heterocycles. The summed E-state index contributed by atoms with van der Waals surface area (Å²) in [5.74, 6) is 0.700. The normalized spacial score (nSPS) is 24.9. The maximum absolute atomic E-state index is 10.2. The molecule has 1 spiro atoms. The smallest absolute Gasteiger partial charge is 0.159 e. The van der Waals surface area contributed by atoms with Crippen molar-refractivity contribution in [3.63, 3.8) is 0 Å². The Balaban J connectivity index is 1.16. The highest BCUT2D eigenvalue weighted by Crippen LogP contribution is 2.45. The van der Waals surface area contributed by atoms with Crippen LogP contribution in [0.25, 0.3) is 33.8 Å². The van der Waals surface area contributed by atoms with Crippen molar-refractivity contribution >= 4 is 0 Å². The van der Waals surface area contributed by atoms with Crippen LogP contribution in [0.4, 0.5) is 0 Å². The zero-order valence-corrected chi connectivity index (χ0v) is 20.2. The summed E-state index contributed by atoms with van der Waals surface area (Å²) in [6, 6.07) is 10.6. The lowest BCUT2D eigenvalue weighted by Gasteiger charge is -2.42. The first-order chi connectivity index (χ1) is 17.0. The van der Waals surface area contributed by atoms with E-state index in [1.165, 1.54) is 0 Å². The summed E-state index contributed by atoms with van der Waals surface area (Å²) in [5, 5.41) is 19.1. The highest BCUT2D eigenvalue weighted by molar-refractivity contribution is 5.69. The molecule has 0 radical (unpaired) electrons. The fraction of sp³-hybridized carbons (Fsp3) is 0.407. The van der Waals surface area contributed by atoms with Gasteiger partial charge in [-0.3, -0.25) is 14.3 Å². The third kappa shape index (κ3) is 3.96. The van der Waals surface area contributed by atoms with Gasteiger partial charge in [0, 0.05) is 59.6 Å². The van der Waals surface area contributed by atoms with Crippen molar-refractivity contribution in [2.24, 2.45) is 7.05 Å². The summed E-state index contributed by atoms with van der Waals surface area (Å²) in [6.45, 7) is 0. The summed E-state index contributed by atoms with van der Waals surface area (Å²) < 4.78 is 3.97. The Morgan fingerprint density at radius 1 is 0.857 bits per heavy atom. The van der Waals surface area contributed by atoms with Crippen LogP contribution in [0.3, 0.4) is 0 Å². The molecule has 1 N–H and O–H groups in total. The summed E-state index contributed by atoms with van der Waals surface area (Å²) in [6.07, 6.45) is 15.7. The SMILES string of the molecule is CN1C(O)CCC12CCC(n1cc(-c3cnc(-c4cccc(-c5ccnn5C)c4)nc3)cn1)CC2. The minimum absolute atomic E-state index is 0.170. The van der Waals surface area contributed by atoms with Gasteiger partial charge in [0.15, 0.2) is 5.82 Å². The molecule has 6 rings (SSSR count). The van der Waals surface area contributed by atoms with Crippen LogP contribution in [-0.2, 0) is 7.05 Å². The van der Waals surface area contributed by atoms with Gasteiger partial charge in [-0.05, 0) is 57.7 Å². The molecule has 180 valence electrons. The highest BCUT2D eigenvalue weighted by atomic mass is 16.3. The molecular weight excluding hydrogens is 438 g/mol. The maximum atomic E-state index is 10.2. The molecule has 1 saturated carbocycles. The first-order valence-corrected chi connectivity index (χ1v) is 12.4. The lowest BCUT2D eigenvalue weighted by molar-refractivity contribution is -0.0184. The number of rotatable bonds is 4. The molecule has 4 heterocycles. The standard InChI is InChI=1S/C27H31N7O/c1-32-25(35)8-12-27(32)10-6-23(7-11-27)34-18-22(17-31-34)21-15-28-26(29-16-21)20-5-3-4-19(14-20)24-9-13-30-33(24)2/h3-5,9,13-18,23,25,35H,6-8,10-12H2,1-2H3. The van der Waals surface area contributed by atoms with Gasteiger partial charge in [0.1, 0.15) is 6.23 Å². The third-order valence-corrected chi connectivity index (χ3v) is 8.15. The molecule has 1 aliphatic carbocycles. The van der Waals surface area contributed by atoms with E-state index in [4.69, 9.17) is 0 Å². The van der Waals surface area contributed by atoms with Gasteiger partial charge < -0.3 is 5.11 Å². The van der Waals surface area contributed by atoms with Gasteiger partial charge in [0.25, 0.3) is 0 Å². The van der Waals surface area contributed by atoms with E-state index in [-0.39, 0.29) is 11.8 Å². The van der Waals surface area contributed by atoms with Crippen molar-refractivity contribution in [2.75, 3.05) is 7.05 Å². The van der Waals surface area contributed by atoms with Gasteiger partial charge in [0.2, 0.25) is 0 Å². The maximum Gasteiger partial charge on any atom is 0.159 e. The zero-order valence-electron chi connectivity index (χ0n) is 20.2. The first kappa shape index (κ1) is 22.1. The molecule has 1 atom stereocenters. The Labute approximate surface area is 205 Å². The predicted molar refractivity (Wildman–Crippen MR) is 134 cm³/mol. The molecule has 1 saturated heterocycles. The van der Waals surface area contributed by atoms with E-state index in [2.05, 4.69) is 55.1 Å². The second kappa shape index (κ2) is 8.70. The fourth-order valence-electron chi connectivity index (χ4n) is 5.88. The second-order valence-electron chi connectivity index (χ2n) is 10.0. The van der Waals surface area contributed by atoms with Crippen molar-refractivity contribution in [3.8, 4) is 33.8 Å². The number of aryl methyl sites for hydroxylation is 1. The Kier molecular flexibility index (Phi) is 5.50. The molecule has 35 heavy (non-hydrogen) atoms. The molecule has 1 unspecified atom stereocenters. The Bertz CT molecular complexity index is 1320. The van der Waals surface area contributed by atoms with E-state index in [1.807, 2.05) is 48.5 Å². The van der Waals surface area contributed by atoms with Crippen molar-refractivity contribution in [3.05, 3.63) is 61.3 Å². The number of benzene rings is 1. The Morgan fingerprint density at radius 3 is 2.29 bits per heavy atom. The van der Waals surface area contributed by atoms with E-state index >= 15 is 0 Å². The number of aliphatic hydroxyl groups is 1. The first-order valence-electron chi connectivity index (χ1n) is 12.4. The van der Waals surface area contributed by atoms with Crippen molar-refractivity contribution in [1.29, 1.82) is 0 Å². The lowest BCUT2D eigenvalue weighted by atomic mass is 9.78. The number of likely N-dealkylation sites (tertiary alicyclic amines) is 1. The predicted octanol–water partition coefficient (Wildman–Crippen LogP) is 4.31. The quantitative estimate of drug-likeness (QED) is 0.480. The molecule has 4 aromatic rings. The average molecular weight is 470 g/mol. The molecule has 2 aliphatic rings. The molecular formula is C27H31N7O. The summed E-state index contributed by atoms with van der Waals surface area (Å²) in [7, 11) is 4.01. The minimum Gasteiger partial charge on any atom is -0.378 e. The average Bonchev–Trinajstić information content (AvgIpc) is 3.62. The van der Waals surface area contributed by atoms with Crippen LogP contribution < -0.4 is 0 Å². The van der Waals surface area contributed by atoms with Crippen LogP contribution in [-0.4, -0.2) is 58.3 Å². The van der Waals surface area contributed by atoms with Crippen LogP contribution in [0.2, 0.25) is 0 Å². The molecule has 3 aromatic heterocycles. The topological polar surface area (TPSA) is 84.9 Å². The molecule has 8 heteroatoms. The monoisotopic (exact) mass is 469 g/mol. The number of nitrogens with zero attached hydrogens (tertiary/aromatic N) is 7. The Morgan fingerprint density at radius 2 is 1.60 bits per heavy atom. The molecule has 2 fully saturated rings. The third-order valence-electron chi connectivity index (χ3n) is 8.15. The summed E-state index contributed by atoms with van der Waals surface area (Å²) in [5.41, 5.74) is 5.29. The van der Waals surface area contributed by atoms with E-state index in [0.717, 1.165) is 66.5 Å².